The standard InChI is InChI=1S/C25H32N4O2/c1-6-31-23(30)10-9-17-7-8-18(13-16(17)2)20-14-21(27-26-20)24-19-11-12-25(3,4)15-22(19)29(5)28-24/h7-8,13-14H,6,9-12,15H2,1-5H3,(H,26,27). The van der Waals surface area contributed by atoms with Gasteiger partial charge in [-0.05, 0) is 68.2 Å². The molecule has 6 nitrogen and oxygen atoms in total. The Kier molecular flexibility index (Phi) is 5.73. The molecule has 0 radical (unpaired) electrons. The number of carbonyl (C=O) groups is 1. The van der Waals surface area contributed by atoms with E-state index in [2.05, 4.69) is 55.2 Å². The van der Waals surface area contributed by atoms with Crippen molar-refractivity contribution >= 4 is 5.97 Å². The molecule has 1 aliphatic carbocycles. The first kappa shape index (κ1) is 21.3. The summed E-state index contributed by atoms with van der Waals surface area (Å²) in [5.74, 6) is -0.148. The number of aromatic amines is 1. The average molecular weight is 421 g/mol. The number of fused-ring (bicyclic) bond motifs is 1. The second-order valence-electron chi connectivity index (χ2n) is 9.35. The van der Waals surface area contributed by atoms with Crippen molar-refractivity contribution in [1.29, 1.82) is 0 Å². The van der Waals surface area contributed by atoms with Crippen LogP contribution in [0.3, 0.4) is 0 Å². The summed E-state index contributed by atoms with van der Waals surface area (Å²) in [6.07, 6.45) is 4.37. The fourth-order valence-electron chi connectivity index (χ4n) is 4.50. The maximum absolute atomic E-state index is 11.6. The Labute approximate surface area is 184 Å². The molecule has 0 unspecified atom stereocenters. The zero-order chi connectivity index (χ0) is 22.2. The van der Waals surface area contributed by atoms with Crippen LogP contribution in [0.1, 0.15) is 56.0 Å². The Morgan fingerprint density at radius 2 is 2.10 bits per heavy atom. The van der Waals surface area contributed by atoms with Crippen molar-refractivity contribution in [3.63, 3.8) is 0 Å². The molecule has 6 heteroatoms. The molecule has 0 atom stereocenters. The van der Waals surface area contributed by atoms with E-state index in [0.717, 1.165) is 46.6 Å². The number of esters is 1. The fourth-order valence-corrected chi connectivity index (χ4v) is 4.50. The lowest BCUT2D eigenvalue weighted by Crippen LogP contribution is -2.23. The van der Waals surface area contributed by atoms with Crippen LogP contribution in [0.4, 0.5) is 0 Å². The van der Waals surface area contributed by atoms with Crippen molar-refractivity contribution in [3.05, 3.63) is 46.6 Å². The molecule has 3 aromatic rings. The first-order valence-electron chi connectivity index (χ1n) is 11.1. The minimum absolute atomic E-state index is 0.148. The fraction of sp³-hybridized carbons (Fsp3) is 0.480. The SMILES string of the molecule is CCOC(=O)CCc1ccc(-c2cc(-c3nn(C)c4c3CCC(C)(C)C4)[nH]n2)cc1C. The van der Waals surface area contributed by atoms with Gasteiger partial charge in [0.25, 0.3) is 0 Å². The van der Waals surface area contributed by atoms with Gasteiger partial charge in [-0.2, -0.15) is 10.2 Å². The number of benzene rings is 1. The molecule has 0 fully saturated rings. The van der Waals surface area contributed by atoms with Crippen LogP contribution in [0, 0.1) is 12.3 Å². The van der Waals surface area contributed by atoms with Gasteiger partial charge < -0.3 is 4.74 Å². The number of aryl methyl sites for hydroxylation is 3. The smallest absolute Gasteiger partial charge is 0.306 e. The number of carbonyl (C=O) groups excluding carboxylic acids is 1. The number of aromatic nitrogens is 4. The Bertz CT molecular complexity index is 1110. The molecular weight excluding hydrogens is 388 g/mol. The highest BCUT2D eigenvalue weighted by Crippen LogP contribution is 2.38. The van der Waals surface area contributed by atoms with E-state index in [1.807, 2.05) is 18.7 Å². The molecule has 0 spiro atoms. The molecule has 31 heavy (non-hydrogen) atoms. The van der Waals surface area contributed by atoms with Gasteiger partial charge in [0, 0.05) is 30.3 Å². The molecule has 1 aromatic carbocycles. The van der Waals surface area contributed by atoms with E-state index in [0.29, 0.717) is 24.9 Å². The number of rotatable bonds is 6. The molecule has 0 saturated heterocycles. The third kappa shape index (κ3) is 4.43. The van der Waals surface area contributed by atoms with Crippen LogP contribution < -0.4 is 0 Å². The predicted molar refractivity (Wildman–Crippen MR) is 122 cm³/mol. The van der Waals surface area contributed by atoms with Crippen molar-refractivity contribution in [2.75, 3.05) is 6.61 Å². The van der Waals surface area contributed by atoms with Gasteiger partial charge in [0.1, 0.15) is 5.69 Å². The second-order valence-corrected chi connectivity index (χ2v) is 9.35. The zero-order valence-corrected chi connectivity index (χ0v) is 19.2. The number of nitrogens with one attached hydrogen (secondary N) is 1. The molecule has 2 heterocycles. The highest BCUT2D eigenvalue weighted by Gasteiger charge is 2.31. The van der Waals surface area contributed by atoms with E-state index < -0.39 is 0 Å². The Hall–Kier alpha value is -2.89. The molecular formula is C25H32N4O2. The third-order valence-corrected chi connectivity index (χ3v) is 6.35. The number of nitrogens with zero attached hydrogens (tertiary/aromatic N) is 3. The van der Waals surface area contributed by atoms with Crippen LogP contribution in [0.25, 0.3) is 22.6 Å². The first-order chi connectivity index (χ1) is 14.8. The average Bonchev–Trinajstić information content (AvgIpc) is 3.32. The lowest BCUT2D eigenvalue weighted by molar-refractivity contribution is -0.143. The summed E-state index contributed by atoms with van der Waals surface area (Å²) in [6, 6.07) is 8.39. The van der Waals surface area contributed by atoms with Crippen LogP contribution in [0.2, 0.25) is 0 Å². The van der Waals surface area contributed by atoms with E-state index in [4.69, 9.17) is 9.84 Å². The van der Waals surface area contributed by atoms with Gasteiger partial charge in [0.15, 0.2) is 0 Å². The zero-order valence-electron chi connectivity index (χ0n) is 19.2. The number of ether oxygens (including phenoxy) is 1. The van der Waals surface area contributed by atoms with Gasteiger partial charge in [0.05, 0.1) is 18.0 Å². The topological polar surface area (TPSA) is 72.8 Å². The van der Waals surface area contributed by atoms with Gasteiger partial charge in [0.2, 0.25) is 0 Å². The van der Waals surface area contributed by atoms with Crippen molar-refractivity contribution < 1.29 is 9.53 Å². The minimum atomic E-state index is -0.148. The largest absolute Gasteiger partial charge is 0.466 e. The molecule has 2 aromatic heterocycles. The predicted octanol–water partition coefficient (Wildman–Crippen LogP) is 4.80. The van der Waals surface area contributed by atoms with E-state index in [-0.39, 0.29) is 5.97 Å². The van der Waals surface area contributed by atoms with E-state index >= 15 is 0 Å². The van der Waals surface area contributed by atoms with Gasteiger partial charge >= 0.3 is 5.97 Å². The molecule has 0 bridgehead atoms. The molecule has 0 amide bonds. The summed E-state index contributed by atoms with van der Waals surface area (Å²) in [6.45, 7) is 8.99. The number of hydrogen-bond donors (Lipinski definition) is 1. The maximum Gasteiger partial charge on any atom is 0.306 e. The van der Waals surface area contributed by atoms with Gasteiger partial charge in [-0.25, -0.2) is 0 Å². The van der Waals surface area contributed by atoms with E-state index in [9.17, 15) is 4.79 Å². The molecule has 0 saturated carbocycles. The Morgan fingerprint density at radius 1 is 1.29 bits per heavy atom. The monoisotopic (exact) mass is 420 g/mol. The molecule has 1 N–H and O–H groups in total. The number of hydrogen-bond acceptors (Lipinski definition) is 4. The number of H-pyrrole nitrogens is 1. The highest BCUT2D eigenvalue weighted by atomic mass is 16.5. The molecule has 1 aliphatic rings. The minimum Gasteiger partial charge on any atom is -0.466 e. The van der Waals surface area contributed by atoms with Crippen molar-refractivity contribution in [1.82, 2.24) is 20.0 Å². The van der Waals surface area contributed by atoms with Crippen LogP contribution in [-0.4, -0.2) is 32.6 Å². The van der Waals surface area contributed by atoms with Crippen molar-refractivity contribution in [3.8, 4) is 22.6 Å². The van der Waals surface area contributed by atoms with E-state index in [1.54, 1.807) is 0 Å². The summed E-state index contributed by atoms with van der Waals surface area (Å²) in [5.41, 5.74) is 9.29. The summed E-state index contributed by atoms with van der Waals surface area (Å²) in [7, 11) is 2.04. The highest BCUT2D eigenvalue weighted by molar-refractivity contribution is 5.71. The van der Waals surface area contributed by atoms with Crippen LogP contribution >= 0.6 is 0 Å². The van der Waals surface area contributed by atoms with Crippen LogP contribution in [0.5, 0.6) is 0 Å². The maximum atomic E-state index is 11.6. The molecule has 164 valence electrons. The molecule has 4 rings (SSSR count). The Morgan fingerprint density at radius 3 is 2.84 bits per heavy atom. The quantitative estimate of drug-likeness (QED) is 0.582. The summed E-state index contributed by atoms with van der Waals surface area (Å²) in [4.78, 5) is 11.6. The van der Waals surface area contributed by atoms with Gasteiger partial charge in [-0.3, -0.25) is 14.6 Å². The van der Waals surface area contributed by atoms with Gasteiger partial charge in [-0.15, -0.1) is 0 Å². The molecule has 0 aliphatic heterocycles. The van der Waals surface area contributed by atoms with Crippen LogP contribution in [0.15, 0.2) is 24.3 Å². The lowest BCUT2D eigenvalue weighted by atomic mass is 9.76. The summed E-state index contributed by atoms with van der Waals surface area (Å²) >= 11 is 0. The second kappa shape index (κ2) is 8.33. The Balaban J connectivity index is 1.55. The third-order valence-electron chi connectivity index (χ3n) is 6.35. The first-order valence-corrected chi connectivity index (χ1v) is 11.1. The van der Waals surface area contributed by atoms with Crippen molar-refractivity contribution in [2.45, 2.75) is 59.8 Å². The summed E-state index contributed by atoms with van der Waals surface area (Å²) in [5, 5.41) is 12.6. The van der Waals surface area contributed by atoms with Crippen molar-refractivity contribution in [2.24, 2.45) is 12.5 Å². The lowest BCUT2D eigenvalue weighted by Gasteiger charge is -2.29. The van der Waals surface area contributed by atoms with E-state index in [1.165, 1.54) is 17.7 Å². The van der Waals surface area contributed by atoms with Crippen LogP contribution in [-0.2, 0) is 35.8 Å². The van der Waals surface area contributed by atoms with Gasteiger partial charge in [-0.1, -0.05) is 26.0 Å². The summed E-state index contributed by atoms with van der Waals surface area (Å²) < 4.78 is 7.07. The normalized spacial score (nSPS) is 15.0.